The molecule has 0 heterocycles. The van der Waals surface area contributed by atoms with Gasteiger partial charge in [0.25, 0.3) is 0 Å². The molecular weight excluding hydrogens is 252 g/mol. The number of ether oxygens (including phenoxy) is 1. The van der Waals surface area contributed by atoms with E-state index < -0.39 is 12.7 Å². The smallest absolute Gasteiger partial charge is 0.387 e. The molecule has 1 atom stereocenters. The lowest BCUT2D eigenvalue weighted by Crippen LogP contribution is -2.36. The zero-order chi connectivity index (χ0) is 14.4. The van der Waals surface area contributed by atoms with Gasteiger partial charge in [-0.1, -0.05) is 12.1 Å². The number of aliphatic hydroxyl groups excluding tert-OH is 1. The van der Waals surface area contributed by atoms with E-state index in [0.717, 1.165) is 5.56 Å². The number of aliphatic hydroxyl groups is 1. The highest BCUT2D eigenvalue weighted by molar-refractivity contribution is 5.27. The van der Waals surface area contributed by atoms with E-state index in [1.165, 1.54) is 12.1 Å². The van der Waals surface area contributed by atoms with Crippen LogP contribution in [0.2, 0.25) is 0 Å². The van der Waals surface area contributed by atoms with Crippen molar-refractivity contribution < 1.29 is 18.6 Å². The van der Waals surface area contributed by atoms with Gasteiger partial charge in [-0.2, -0.15) is 8.78 Å². The van der Waals surface area contributed by atoms with Gasteiger partial charge in [-0.15, -0.1) is 0 Å². The summed E-state index contributed by atoms with van der Waals surface area (Å²) in [5.74, 6) is 0.158. The Balaban J connectivity index is 2.64. The fourth-order valence-electron chi connectivity index (χ4n) is 1.81. The largest absolute Gasteiger partial charge is 0.435 e. The van der Waals surface area contributed by atoms with Crippen molar-refractivity contribution in [3.63, 3.8) is 0 Å². The van der Waals surface area contributed by atoms with Crippen LogP contribution >= 0.6 is 0 Å². The number of halogens is 2. The maximum atomic E-state index is 12.0. The molecule has 0 aromatic heterocycles. The predicted molar refractivity (Wildman–Crippen MR) is 70.3 cm³/mol. The third-order valence-corrected chi connectivity index (χ3v) is 2.76. The van der Waals surface area contributed by atoms with Gasteiger partial charge in [0.05, 0.1) is 6.10 Å². The van der Waals surface area contributed by atoms with Crippen LogP contribution in [0, 0.1) is 0 Å². The molecule has 1 aromatic rings. The molecule has 1 aromatic carbocycles. The van der Waals surface area contributed by atoms with Crippen molar-refractivity contribution in [3.05, 3.63) is 29.8 Å². The first-order valence-electron chi connectivity index (χ1n) is 6.34. The van der Waals surface area contributed by atoms with Gasteiger partial charge >= 0.3 is 6.61 Å². The van der Waals surface area contributed by atoms with Crippen molar-refractivity contribution in [2.45, 2.75) is 46.1 Å². The summed E-state index contributed by atoms with van der Waals surface area (Å²) >= 11 is 0. The van der Waals surface area contributed by atoms with E-state index in [1.807, 2.05) is 0 Å². The van der Waals surface area contributed by atoms with Gasteiger partial charge < -0.3 is 9.84 Å². The van der Waals surface area contributed by atoms with Crippen LogP contribution in [-0.2, 0) is 6.54 Å². The van der Waals surface area contributed by atoms with Gasteiger partial charge in [-0.05, 0) is 38.5 Å². The Kier molecular flexibility index (Phi) is 6.18. The summed E-state index contributed by atoms with van der Waals surface area (Å²) in [6, 6.07) is 6.88. The molecule has 0 saturated heterocycles. The molecular formula is C14H21F2NO2. The molecule has 0 radical (unpaired) electrons. The number of rotatable bonds is 7. The summed E-state index contributed by atoms with van der Waals surface area (Å²) in [7, 11) is 0. The molecule has 1 N–H and O–H groups in total. The number of hydrogen-bond donors (Lipinski definition) is 1. The molecule has 0 aliphatic heterocycles. The van der Waals surface area contributed by atoms with Crippen molar-refractivity contribution in [3.8, 4) is 5.75 Å². The lowest BCUT2D eigenvalue weighted by molar-refractivity contribution is -0.0498. The summed E-state index contributed by atoms with van der Waals surface area (Å²) in [5.41, 5.74) is 0.996. The molecule has 1 rings (SSSR count). The van der Waals surface area contributed by atoms with Crippen LogP contribution in [0.5, 0.6) is 5.75 Å². The summed E-state index contributed by atoms with van der Waals surface area (Å²) in [5, 5.41) is 9.45. The Hall–Kier alpha value is -1.20. The minimum atomic E-state index is -2.80. The molecule has 0 amide bonds. The monoisotopic (exact) mass is 273 g/mol. The van der Waals surface area contributed by atoms with Gasteiger partial charge in [-0.3, -0.25) is 4.90 Å². The Morgan fingerprint density at radius 1 is 1.16 bits per heavy atom. The van der Waals surface area contributed by atoms with Crippen molar-refractivity contribution in [1.29, 1.82) is 0 Å². The number of alkyl halides is 2. The van der Waals surface area contributed by atoms with Crippen LogP contribution < -0.4 is 4.74 Å². The van der Waals surface area contributed by atoms with E-state index in [4.69, 9.17) is 0 Å². The molecule has 0 aliphatic rings. The standard InChI is InChI=1S/C14H21F2NO2/c1-10(2)17(8-11(3)18)9-12-4-6-13(7-5-12)19-14(15)16/h4-7,10-11,14,18H,8-9H2,1-3H3. The third kappa shape index (κ3) is 5.98. The van der Waals surface area contributed by atoms with E-state index in [2.05, 4.69) is 23.5 Å². The van der Waals surface area contributed by atoms with E-state index in [1.54, 1.807) is 19.1 Å². The predicted octanol–water partition coefficient (Wildman–Crippen LogP) is 2.88. The number of nitrogens with zero attached hydrogens (tertiary/aromatic N) is 1. The minimum absolute atomic E-state index is 0.158. The van der Waals surface area contributed by atoms with Gasteiger partial charge in [0.15, 0.2) is 0 Å². The second kappa shape index (κ2) is 7.40. The highest BCUT2D eigenvalue weighted by atomic mass is 19.3. The molecule has 3 nitrogen and oxygen atoms in total. The van der Waals surface area contributed by atoms with Gasteiger partial charge in [-0.25, -0.2) is 0 Å². The minimum Gasteiger partial charge on any atom is -0.435 e. The zero-order valence-electron chi connectivity index (χ0n) is 11.5. The SMILES string of the molecule is CC(O)CN(Cc1ccc(OC(F)F)cc1)C(C)C. The zero-order valence-corrected chi connectivity index (χ0v) is 11.5. The molecule has 108 valence electrons. The first kappa shape index (κ1) is 15.9. The van der Waals surface area contributed by atoms with E-state index >= 15 is 0 Å². The quantitative estimate of drug-likeness (QED) is 0.829. The Morgan fingerprint density at radius 2 is 1.74 bits per heavy atom. The molecule has 0 aliphatic carbocycles. The Labute approximate surface area is 112 Å². The second-order valence-corrected chi connectivity index (χ2v) is 4.89. The molecule has 0 spiro atoms. The maximum absolute atomic E-state index is 12.0. The maximum Gasteiger partial charge on any atom is 0.387 e. The topological polar surface area (TPSA) is 32.7 Å². The lowest BCUT2D eigenvalue weighted by atomic mass is 10.1. The first-order chi connectivity index (χ1) is 8.88. The van der Waals surface area contributed by atoms with Crippen LogP contribution in [0.25, 0.3) is 0 Å². The third-order valence-electron chi connectivity index (χ3n) is 2.76. The van der Waals surface area contributed by atoms with Crippen molar-refractivity contribution >= 4 is 0 Å². The van der Waals surface area contributed by atoms with Gasteiger partial charge in [0, 0.05) is 19.1 Å². The molecule has 0 fully saturated rings. The molecule has 1 unspecified atom stereocenters. The second-order valence-electron chi connectivity index (χ2n) is 4.89. The van der Waals surface area contributed by atoms with E-state index in [9.17, 15) is 13.9 Å². The van der Waals surface area contributed by atoms with Crippen LogP contribution in [0.1, 0.15) is 26.3 Å². The van der Waals surface area contributed by atoms with Crippen molar-refractivity contribution in [2.24, 2.45) is 0 Å². The van der Waals surface area contributed by atoms with Crippen molar-refractivity contribution in [2.75, 3.05) is 6.54 Å². The van der Waals surface area contributed by atoms with E-state index in [0.29, 0.717) is 19.1 Å². The summed E-state index contributed by atoms with van der Waals surface area (Å²) in [6.07, 6.45) is -0.399. The Morgan fingerprint density at radius 3 is 2.16 bits per heavy atom. The summed E-state index contributed by atoms with van der Waals surface area (Å²) in [6.45, 7) is 4.29. The fraction of sp³-hybridized carbons (Fsp3) is 0.571. The average molecular weight is 273 g/mol. The highest BCUT2D eigenvalue weighted by Crippen LogP contribution is 2.16. The van der Waals surface area contributed by atoms with Gasteiger partial charge in [0.2, 0.25) is 0 Å². The fourth-order valence-corrected chi connectivity index (χ4v) is 1.81. The summed E-state index contributed by atoms with van der Waals surface area (Å²) < 4.78 is 28.3. The number of benzene rings is 1. The average Bonchev–Trinajstić information content (AvgIpc) is 2.29. The van der Waals surface area contributed by atoms with Crippen LogP contribution in [0.4, 0.5) is 8.78 Å². The number of hydrogen-bond acceptors (Lipinski definition) is 3. The highest BCUT2D eigenvalue weighted by Gasteiger charge is 2.12. The van der Waals surface area contributed by atoms with Gasteiger partial charge in [0.1, 0.15) is 5.75 Å². The Bertz CT molecular complexity index is 366. The summed E-state index contributed by atoms with van der Waals surface area (Å²) in [4.78, 5) is 2.12. The van der Waals surface area contributed by atoms with Crippen molar-refractivity contribution in [1.82, 2.24) is 4.90 Å². The first-order valence-corrected chi connectivity index (χ1v) is 6.34. The lowest BCUT2D eigenvalue weighted by Gasteiger charge is -2.27. The molecule has 5 heteroatoms. The molecule has 0 bridgehead atoms. The van der Waals surface area contributed by atoms with E-state index in [-0.39, 0.29) is 5.75 Å². The molecule has 0 saturated carbocycles. The van der Waals surface area contributed by atoms with Crippen LogP contribution in [0.15, 0.2) is 24.3 Å². The molecule has 19 heavy (non-hydrogen) atoms. The van der Waals surface area contributed by atoms with Crippen LogP contribution in [-0.4, -0.2) is 35.3 Å². The van der Waals surface area contributed by atoms with Crippen LogP contribution in [0.3, 0.4) is 0 Å². The normalized spacial score (nSPS) is 13.3.